The summed E-state index contributed by atoms with van der Waals surface area (Å²) in [6.07, 6.45) is 4.36. The maximum atomic E-state index is 12.4. The Morgan fingerprint density at radius 3 is 2.93 bits per heavy atom. The van der Waals surface area contributed by atoms with Gasteiger partial charge in [-0.05, 0) is 12.1 Å². The third-order valence-corrected chi connectivity index (χ3v) is 1.59. The van der Waals surface area contributed by atoms with Crippen LogP contribution >= 0.6 is 0 Å². The van der Waals surface area contributed by atoms with Crippen molar-refractivity contribution in [1.29, 1.82) is 0 Å². The molecule has 0 atom stereocenters. The number of pyridine rings is 1. The van der Waals surface area contributed by atoms with Gasteiger partial charge in [-0.15, -0.1) is 0 Å². The predicted octanol–water partition coefficient (Wildman–Crippen LogP) is 1.79. The first kappa shape index (κ1) is 8.68. The van der Waals surface area contributed by atoms with Crippen LogP contribution in [-0.4, -0.2) is 10.1 Å². The lowest BCUT2D eigenvalue weighted by Crippen LogP contribution is -1.94. The van der Waals surface area contributed by atoms with Crippen molar-refractivity contribution in [2.24, 2.45) is 0 Å². The van der Waals surface area contributed by atoms with Crippen LogP contribution in [0, 0.1) is 5.95 Å². The highest BCUT2D eigenvalue weighted by atomic mass is 19.1. The molecule has 2 heterocycles. The summed E-state index contributed by atoms with van der Waals surface area (Å²) in [6.45, 7) is 0.330. The molecule has 5 heteroatoms. The zero-order valence-corrected chi connectivity index (χ0v) is 7.18. The lowest BCUT2D eigenvalue weighted by Gasteiger charge is -2.02. The molecule has 0 N–H and O–H groups in total. The second-order valence-electron chi connectivity index (χ2n) is 2.64. The maximum Gasteiger partial charge on any atom is 0.213 e. The van der Waals surface area contributed by atoms with Crippen LogP contribution in [0.3, 0.4) is 0 Å². The number of hydrogen-bond acceptors (Lipinski definition) is 4. The quantitative estimate of drug-likeness (QED) is 0.699. The van der Waals surface area contributed by atoms with E-state index in [0.717, 1.165) is 5.56 Å². The Morgan fingerprint density at radius 2 is 2.29 bits per heavy atom. The van der Waals surface area contributed by atoms with Gasteiger partial charge in [0.1, 0.15) is 18.6 Å². The number of halogens is 1. The topological polar surface area (TPSA) is 48.2 Å². The molecule has 0 radical (unpaired) electrons. The highest BCUT2D eigenvalue weighted by Crippen LogP contribution is 2.10. The SMILES string of the molecule is Fc1ccc(OCc2cnoc2)cn1. The lowest BCUT2D eigenvalue weighted by molar-refractivity contribution is 0.302. The summed E-state index contributed by atoms with van der Waals surface area (Å²) in [4.78, 5) is 3.45. The molecule has 0 spiro atoms. The minimum absolute atomic E-state index is 0.330. The van der Waals surface area contributed by atoms with Crippen LogP contribution in [0.25, 0.3) is 0 Å². The van der Waals surface area contributed by atoms with E-state index in [1.54, 1.807) is 6.20 Å². The molecule has 0 unspecified atom stereocenters. The van der Waals surface area contributed by atoms with Crippen LogP contribution in [-0.2, 0) is 6.61 Å². The summed E-state index contributed by atoms with van der Waals surface area (Å²) < 4.78 is 22.3. The molecule has 14 heavy (non-hydrogen) atoms. The van der Waals surface area contributed by atoms with Crippen molar-refractivity contribution in [3.8, 4) is 5.75 Å². The third kappa shape index (κ3) is 2.07. The van der Waals surface area contributed by atoms with Gasteiger partial charge >= 0.3 is 0 Å². The summed E-state index contributed by atoms with van der Waals surface area (Å²) in [7, 11) is 0. The fourth-order valence-electron chi connectivity index (χ4n) is 0.912. The smallest absolute Gasteiger partial charge is 0.213 e. The van der Waals surface area contributed by atoms with Crippen LogP contribution in [0.15, 0.2) is 35.3 Å². The molecular weight excluding hydrogens is 187 g/mol. The van der Waals surface area contributed by atoms with Gasteiger partial charge in [-0.1, -0.05) is 5.16 Å². The average Bonchev–Trinajstić information content (AvgIpc) is 2.70. The minimum Gasteiger partial charge on any atom is -0.487 e. The van der Waals surface area contributed by atoms with Crippen LogP contribution in [0.4, 0.5) is 4.39 Å². The molecule has 2 rings (SSSR count). The highest BCUT2D eigenvalue weighted by Gasteiger charge is 1.98. The Morgan fingerprint density at radius 1 is 1.36 bits per heavy atom. The lowest BCUT2D eigenvalue weighted by atomic mass is 10.4. The van der Waals surface area contributed by atoms with Gasteiger partial charge in [0.05, 0.1) is 12.4 Å². The van der Waals surface area contributed by atoms with Crippen LogP contribution in [0.2, 0.25) is 0 Å². The van der Waals surface area contributed by atoms with Gasteiger partial charge in [0.15, 0.2) is 0 Å². The predicted molar refractivity (Wildman–Crippen MR) is 45.0 cm³/mol. The van der Waals surface area contributed by atoms with Gasteiger partial charge in [-0.3, -0.25) is 0 Å². The van der Waals surface area contributed by atoms with E-state index in [4.69, 9.17) is 4.74 Å². The van der Waals surface area contributed by atoms with E-state index >= 15 is 0 Å². The fraction of sp³-hybridized carbons (Fsp3) is 0.111. The first-order valence-corrected chi connectivity index (χ1v) is 3.97. The molecule has 0 aliphatic heterocycles. The molecular formula is C9H7FN2O2. The Kier molecular flexibility index (Phi) is 2.40. The van der Waals surface area contributed by atoms with Crippen molar-refractivity contribution in [2.45, 2.75) is 6.61 Å². The number of aromatic nitrogens is 2. The van der Waals surface area contributed by atoms with Crippen molar-refractivity contribution < 1.29 is 13.7 Å². The first-order chi connectivity index (χ1) is 6.84. The maximum absolute atomic E-state index is 12.4. The molecule has 0 amide bonds. The second-order valence-corrected chi connectivity index (χ2v) is 2.64. The van der Waals surface area contributed by atoms with Gasteiger partial charge < -0.3 is 9.26 Å². The molecule has 0 aromatic carbocycles. The Bertz CT molecular complexity index is 386. The van der Waals surface area contributed by atoms with E-state index in [0.29, 0.717) is 12.4 Å². The summed E-state index contributed by atoms with van der Waals surface area (Å²) in [6, 6.07) is 2.75. The molecule has 0 saturated carbocycles. The van der Waals surface area contributed by atoms with Crippen LogP contribution in [0.5, 0.6) is 5.75 Å². The van der Waals surface area contributed by atoms with E-state index < -0.39 is 5.95 Å². The molecule has 4 nitrogen and oxygen atoms in total. The zero-order valence-electron chi connectivity index (χ0n) is 7.18. The van der Waals surface area contributed by atoms with E-state index in [2.05, 4.69) is 14.7 Å². The number of rotatable bonds is 3. The van der Waals surface area contributed by atoms with Gasteiger partial charge in [0.25, 0.3) is 0 Å². The summed E-state index contributed by atoms with van der Waals surface area (Å²) >= 11 is 0. The number of ether oxygens (including phenoxy) is 1. The molecule has 0 fully saturated rings. The molecule has 72 valence electrons. The average molecular weight is 194 g/mol. The summed E-state index contributed by atoms with van der Waals surface area (Å²) in [5, 5.41) is 3.52. The molecule has 0 bridgehead atoms. The van der Waals surface area contributed by atoms with Crippen LogP contribution in [0.1, 0.15) is 5.56 Å². The van der Waals surface area contributed by atoms with Crippen molar-refractivity contribution in [2.75, 3.05) is 0 Å². The fourth-order valence-corrected chi connectivity index (χ4v) is 0.912. The zero-order chi connectivity index (χ0) is 9.80. The Hall–Kier alpha value is -1.91. The Balaban J connectivity index is 1.95. The normalized spacial score (nSPS) is 10.1. The van der Waals surface area contributed by atoms with E-state index in [-0.39, 0.29) is 0 Å². The van der Waals surface area contributed by atoms with E-state index in [1.165, 1.54) is 24.6 Å². The van der Waals surface area contributed by atoms with Gasteiger partial charge in [-0.25, -0.2) is 4.98 Å². The number of nitrogens with zero attached hydrogens (tertiary/aromatic N) is 2. The van der Waals surface area contributed by atoms with Gasteiger partial charge in [0.2, 0.25) is 5.95 Å². The molecule has 2 aromatic heterocycles. The van der Waals surface area contributed by atoms with Crippen molar-refractivity contribution in [1.82, 2.24) is 10.1 Å². The van der Waals surface area contributed by atoms with Crippen molar-refractivity contribution in [3.63, 3.8) is 0 Å². The van der Waals surface area contributed by atoms with E-state index in [1.807, 2.05) is 0 Å². The van der Waals surface area contributed by atoms with Crippen molar-refractivity contribution >= 4 is 0 Å². The monoisotopic (exact) mass is 194 g/mol. The summed E-state index contributed by atoms with van der Waals surface area (Å²) in [5.41, 5.74) is 0.814. The Labute approximate surface area is 79.3 Å². The van der Waals surface area contributed by atoms with E-state index in [9.17, 15) is 4.39 Å². The first-order valence-electron chi connectivity index (χ1n) is 3.97. The molecule has 0 aliphatic rings. The van der Waals surface area contributed by atoms with Gasteiger partial charge in [-0.2, -0.15) is 4.39 Å². The second kappa shape index (κ2) is 3.87. The molecule has 0 aliphatic carbocycles. The van der Waals surface area contributed by atoms with Crippen molar-refractivity contribution in [3.05, 3.63) is 42.3 Å². The highest BCUT2D eigenvalue weighted by molar-refractivity contribution is 5.16. The third-order valence-electron chi connectivity index (χ3n) is 1.59. The molecule has 2 aromatic rings. The largest absolute Gasteiger partial charge is 0.487 e. The number of hydrogen-bond donors (Lipinski definition) is 0. The summed E-state index contributed by atoms with van der Waals surface area (Å²) in [5.74, 6) is -0.0186. The minimum atomic E-state index is -0.526. The molecule has 0 saturated heterocycles. The standard InChI is InChI=1S/C9H7FN2O2/c10-9-2-1-8(4-11-9)13-5-7-3-12-14-6-7/h1-4,6H,5H2. The van der Waals surface area contributed by atoms with Gasteiger partial charge in [0, 0.05) is 5.56 Å². The van der Waals surface area contributed by atoms with Crippen LogP contribution < -0.4 is 4.74 Å².